The van der Waals surface area contributed by atoms with Gasteiger partial charge in [0.2, 0.25) is 0 Å². The summed E-state index contributed by atoms with van der Waals surface area (Å²) < 4.78 is 0. The molecular formula is C10H20O3. The molecule has 0 aromatic heterocycles. The van der Waals surface area contributed by atoms with Crippen LogP contribution in [0, 0.1) is 5.92 Å². The van der Waals surface area contributed by atoms with Crippen LogP contribution in [0.2, 0.25) is 0 Å². The number of rotatable bonds is 7. The molecule has 0 aromatic rings. The summed E-state index contributed by atoms with van der Waals surface area (Å²) in [5.74, 6) is -0.395. The number of carbonyl (C=O) groups is 1. The molecule has 13 heavy (non-hydrogen) atoms. The summed E-state index contributed by atoms with van der Waals surface area (Å²) in [6, 6.07) is 0. The number of carboxylic acid groups (broad SMARTS) is 1. The lowest BCUT2D eigenvalue weighted by Crippen LogP contribution is -2.12. The fourth-order valence-electron chi connectivity index (χ4n) is 1.16. The molecule has 0 aliphatic heterocycles. The van der Waals surface area contributed by atoms with Gasteiger partial charge in [0.05, 0.1) is 6.10 Å². The number of hydrogen-bond donors (Lipinski definition) is 2. The van der Waals surface area contributed by atoms with E-state index < -0.39 is 5.97 Å². The van der Waals surface area contributed by atoms with Crippen LogP contribution in [0.5, 0.6) is 0 Å². The van der Waals surface area contributed by atoms with Crippen molar-refractivity contribution in [3.05, 3.63) is 0 Å². The van der Waals surface area contributed by atoms with Gasteiger partial charge in [0.1, 0.15) is 0 Å². The van der Waals surface area contributed by atoms with Crippen molar-refractivity contribution in [2.24, 2.45) is 5.92 Å². The Balaban J connectivity index is 3.21. The summed E-state index contributed by atoms with van der Waals surface area (Å²) in [5.41, 5.74) is 0. The molecule has 0 amide bonds. The van der Waals surface area contributed by atoms with Crippen LogP contribution in [-0.2, 0) is 4.79 Å². The number of aliphatic hydroxyl groups excluding tert-OH is 1. The summed E-state index contributed by atoms with van der Waals surface area (Å²) in [6.07, 6.45) is 3.71. The van der Waals surface area contributed by atoms with E-state index in [2.05, 4.69) is 0 Å². The first kappa shape index (κ1) is 12.4. The van der Waals surface area contributed by atoms with E-state index in [0.29, 0.717) is 5.92 Å². The third kappa shape index (κ3) is 7.78. The van der Waals surface area contributed by atoms with Crippen molar-refractivity contribution in [3.63, 3.8) is 0 Å². The molecule has 0 rings (SSSR count). The molecule has 0 radical (unpaired) electrons. The van der Waals surface area contributed by atoms with Crippen LogP contribution in [0.15, 0.2) is 0 Å². The maximum Gasteiger partial charge on any atom is 0.303 e. The van der Waals surface area contributed by atoms with E-state index in [-0.39, 0.29) is 12.5 Å². The van der Waals surface area contributed by atoms with Crippen LogP contribution >= 0.6 is 0 Å². The Morgan fingerprint density at radius 3 is 2.31 bits per heavy atom. The van der Waals surface area contributed by atoms with Gasteiger partial charge in [-0.2, -0.15) is 0 Å². The highest BCUT2D eigenvalue weighted by atomic mass is 16.4. The molecule has 0 heterocycles. The van der Waals surface area contributed by atoms with Gasteiger partial charge in [-0.3, -0.25) is 4.79 Å². The molecule has 0 saturated carbocycles. The molecule has 0 saturated heterocycles. The van der Waals surface area contributed by atoms with Gasteiger partial charge in [0.25, 0.3) is 0 Å². The molecule has 0 spiro atoms. The van der Waals surface area contributed by atoms with Crippen LogP contribution in [0.4, 0.5) is 0 Å². The highest BCUT2D eigenvalue weighted by molar-refractivity contribution is 5.66. The van der Waals surface area contributed by atoms with Crippen LogP contribution in [0.3, 0.4) is 0 Å². The molecule has 78 valence electrons. The number of carboxylic acids is 1. The Morgan fingerprint density at radius 1 is 1.23 bits per heavy atom. The van der Waals surface area contributed by atoms with E-state index in [4.69, 9.17) is 5.11 Å². The molecule has 0 aliphatic rings. The van der Waals surface area contributed by atoms with Gasteiger partial charge in [-0.15, -0.1) is 0 Å². The summed E-state index contributed by atoms with van der Waals surface area (Å²) in [5, 5.41) is 17.5. The van der Waals surface area contributed by atoms with Crippen molar-refractivity contribution in [1.82, 2.24) is 0 Å². The molecule has 3 nitrogen and oxygen atoms in total. The van der Waals surface area contributed by atoms with Gasteiger partial charge < -0.3 is 10.2 Å². The summed E-state index contributed by atoms with van der Waals surface area (Å²) in [4.78, 5) is 10.2. The third-order valence-corrected chi connectivity index (χ3v) is 2.37. The molecule has 0 fully saturated rings. The van der Waals surface area contributed by atoms with Gasteiger partial charge in [-0.25, -0.2) is 0 Å². The Bertz CT molecular complexity index is 143. The number of aliphatic hydroxyl groups is 1. The average molecular weight is 188 g/mol. The first-order chi connectivity index (χ1) is 6.04. The molecule has 0 bridgehead atoms. The number of aliphatic carboxylic acids is 1. The van der Waals surface area contributed by atoms with Crippen LogP contribution in [0.1, 0.15) is 46.0 Å². The van der Waals surface area contributed by atoms with Crippen molar-refractivity contribution in [3.8, 4) is 0 Å². The first-order valence-corrected chi connectivity index (χ1v) is 4.94. The second-order valence-corrected chi connectivity index (χ2v) is 3.71. The van der Waals surface area contributed by atoms with Crippen LogP contribution in [-0.4, -0.2) is 22.3 Å². The molecule has 3 heteroatoms. The molecular weight excluding hydrogens is 168 g/mol. The maximum absolute atomic E-state index is 10.2. The topological polar surface area (TPSA) is 57.5 Å². The minimum absolute atomic E-state index is 0.250. The standard InChI is InChI=1S/C10H20O3/c1-8(9(2)11)6-4-3-5-7-10(12)13/h8-9,11H,3-7H2,1-2H3,(H,12,13). The first-order valence-electron chi connectivity index (χ1n) is 4.94. The lowest BCUT2D eigenvalue weighted by atomic mass is 9.98. The van der Waals surface area contributed by atoms with Crippen molar-refractivity contribution >= 4 is 5.97 Å². The second kappa shape index (κ2) is 6.89. The van der Waals surface area contributed by atoms with E-state index >= 15 is 0 Å². The molecule has 2 N–H and O–H groups in total. The minimum atomic E-state index is -0.719. The quantitative estimate of drug-likeness (QED) is 0.601. The zero-order chi connectivity index (χ0) is 10.3. The Labute approximate surface area is 79.8 Å². The largest absolute Gasteiger partial charge is 0.481 e. The van der Waals surface area contributed by atoms with Gasteiger partial charge in [-0.1, -0.05) is 19.8 Å². The molecule has 2 atom stereocenters. The Hall–Kier alpha value is -0.570. The van der Waals surface area contributed by atoms with E-state index in [9.17, 15) is 9.90 Å². The van der Waals surface area contributed by atoms with Gasteiger partial charge in [0.15, 0.2) is 0 Å². The SMILES string of the molecule is CC(O)C(C)CCCCCC(=O)O. The van der Waals surface area contributed by atoms with Crippen molar-refractivity contribution in [2.45, 2.75) is 52.1 Å². The van der Waals surface area contributed by atoms with Crippen molar-refractivity contribution in [2.75, 3.05) is 0 Å². The Morgan fingerprint density at radius 2 is 1.85 bits per heavy atom. The Kier molecular flexibility index (Phi) is 6.59. The lowest BCUT2D eigenvalue weighted by molar-refractivity contribution is -0.137. The summed E-state index contributed by atoms with van der Waals surface area (Å²) in [7, 11) is 0. The highest BCUT2D eigenvalue weighted by Gasteiger charge is 2.07. The van der Waals surface area contributed by atoms with E-state index in [0.717, 1.165) is 25.7 Å². The monoisotopic (exact) mass is 188 g/mol. The van der Waals surface area contributed by atoms with Crippen LogP contribution in [0.25, 0.3) is 0 Å². The zero-order valence-corrected chi connectivity index (χ0v) is 8.49. The molecule has 2 unspecified atom stereocenters. The molecule has 0 aromatic carbocycles. The third-order valence-electron chi connectivity index (χ3n) is 2.37. The van der Waals surface area contributed by atoms with Gasteiger partial charge in [0, 0.05) is 6.42 Å². The number of unbranched alkanes of at least 4 members (excludes halogenated alkanes) is 2. The minimum Gasteiger partial charge on any atom is -0.481 e. The van der Waals surface area contributed by atoms with Gasteiger partial charge >= 0.3 is 5.97 Å². The van der Waals surface area contributed by atoms with E-state index in [1.165, 1.54) is 0 Å². The number of hydrogen-bond acceptors (Lipinski definition) is 2. The fraction of sp³-hybridized carbons (Fsp3) is 0.900. The van der Waals surface area contributed by atoms with Crippen LogP contribution < -0.4 is 0 Å². The smallest absolute Gasteiger partial charge is 0.303 e. The highest BCUT2D eigenvalue weighted by Crippen LogP contribution is 2.13. The second-order valence-electron chi connectivity index (χ2n) is 3.71. The van der Waals surface area contributed by atoms with E-state index in [1.54, 1.807) is 6.92 Å². The van der Waals surface area contributed by atoms with Crippen molar-refractivity contribution < 1.29 is 15.0 Å². The molecule has 0 aliphatic carbocycles. The zero-order valence-electron chi connectivity index (χ0n) is 8.49. The van der Waals surface area contributed by atoms with Gasteiger partial charge in [-0.05, 0) is 25.7 Å². The predicted octanol–water partition coefficient (Wildman–Crippen LogP) is 2.04. The predicted molar refractivity (Wildman–Crippen MR) is 51.6 cm³/mol. The summed E-state index contributed by atoms with van der Waals surface area (Å²) >= 11 is 0. The maximum atomic E-state index is 10.2. The van der Waals surface area contributed by atoms with E-state index in [1.807, 2.05) is 6.92 Å². The normalized spacial score (nSPS) is 15.3. The lowest BCUT2D eigenvalue weighted by Gasteiger charge is -2.13. The average Bonchev–Trinajstić information content (AvgIpc) is 2.02. The summed E-state index contributed by atoms with van der Waals surface area (Å²) in [6.45, 7) is 3.81. The fourth-order valence-corrected chi connectivity index (χ4v) is 1.16. The van der Waals surface area contributed by atoms with Crippen molar-refractivity contribution in [1.29, 1.82) is 0 Å².